The van der Waals surface area contributed by atoms with Crippen LogP contribution in [0.25, 0.3) is 5.65 Å². The van der Waals surface area contributed by atoms with Crippen LogP contribution in [0.3, 0.4) is 0 Å². The number of hydrogen-bond acceptors (Lipinski definition) is 9. The summed E-state index contributed by atoms with van der Waals surface area (Å²) in [4.78, 5) is 11.4. The van der Waals surface area contributed by atoms with Crippen molar-refractivity contribution in [3.8, 4) is 5.75 Å². The number of nitrogens with two attached hydrogens (primary N) is 1. The molecule has 2 aliphatic rings. The summed E-state index contributed by atoms with van der Waals surface area (Å²) in [5.41, 5.74) is 3.04. The molecule has 0 amide bonds. The van der Waals surface area contributed by atoms with Gasteiger partial charge in [0.15, 0.2) is 17.3 Å². The third-order valence-corrected chi connectivity index (χ3v) is 7.06. The molecule has 3 aromatic rings. The molecule has 0 radical (unpaired) electrons. The van der Waals surface area contributed by atoms with E-state index < -0.39 is 17.4 Å². The van der Waals surface area contributed by atoms with Gasteiger partial charge >= 0.3 is 0 Å². The average molecular weight is 556 g/mol. The predicted molar refractivity (Wildman–Crippen MR) is 148 cm³/mol. The Morgan fingerprint density at radius 1 is 1.32 bits per heavy atom. The Balaban J connectivity index is 1.26. The summed E-state index contributed by atoms with van der Waals surface area (Å²) in [6, 6.07) is 4.60. The summed E-state index contributed by atoms with van der Waals surface area (Å²) in [5.74, 6) is 4.72. The molecule has 0 spiro atoms. The van der Waals surface area contributed by atoms with Gasteiger partial charge in [0.2, 0.25) is 0 Å². The molecule has 40 heavy (non-hydrogen) atoms. The van der Waals surface area contributed by atoms with Crippen LogP contribution in [0.1, 0.15) is 41.1 Å². The van der Waals surface area contributed by atoms with Crippen LogP contribution in [0.15, 0.2) is 40.7 Å². The summed E-state index contributed by atoms with van der Waals surface area (Å²) < 4.78 is 47.3. The average Bonchev–Trinajstić information content (AvgIpc) is 3.87. The summed E-state index contributed by atoms with van der Waals surface area (Å²) in [7, 11) is 5.36. The highest BCUT2D eigenvalue weighted by Crippen LogP contribution is 2.40. The number of aliphatic imine (C=N–C) groups is 1. The molecule has 2 fully saturated rings. The lowest BCUT2D eigenvalue weighted by Gasteiger charge is -2.15. The number of imidazole rings is 1. The van der Waals surface area contributed by atoms with Gasteiger partial charge in [-0.3, -0.25) is 10.3 Å². The molecule has 1 atom stereocenters. The number of pyridine rings is 1. The molecule has 1 unspecified atom stereocenters. The lowest BCUT2D eigenvalue weighted by atomic mass is 10.1. The number of nitrogens with one attached hydrogen (secondary N) is 1. The van der Waals surface area contributed by atoms with E-state index in [1.807, 2.05) is 24.7 Å². The molecule has 214 valence electrons. The van der Waals surface area contributed by atoms with Crippen molar-refractivity contribution in [2.24, 2.45) is 15.9 Å². The first-order valence-corrected chi connectivity index (χ1v) is 13.2. The minimum Gasteiger partial charge on any atom is -0.494 e. The minimum atomic E-state index is -1.07. The molecule has 2 aromatic heterocycles. The zero-order valence-corrected chi connectivity index (χ0v) is 23.0. The second-order valence-corrected chi connectivity index (χ2v) is 10.4. The summed E-state index contributed by atoms with van der Waals surface area (Å²) in [5, 5.41) is 6.82. The SMILES string of the molecule is COc1ccc(F)c(CNC2(/C(C=NCc3cn4cc(C5CC5)cc(COCCN(C)C)c4n3)=N/N)CO2)c1F. The highest BCUT2D eigenvalue weighted by atomic mass is 19.1. The van der Waals surface area contributed by atoms with Crippen LogP contribution < -0.4 is 15.9 Å². The Bertz CT molecular complexity index is 1410. The van der Waals surface area contributed by atoms with E-state index in [1.165, 1.54) is 37.8 Å². The smallest absolute Gasteiger partial charge is 0.189 e. The Morgan fingerprint density at radius 3 is 2.80 bits per heavy atom. The number of epoxide rings is 1. The fourth-order valence-electron chi connectivity index (χ4n) is 4.50. The van der Waals surface area contributed by atoms with Gasteiger partial charge in [0, 0.05) is 42.8 Å². The molecule has 0 bridgehead atoms. The zero-order chi connectivity index (χ0) is 28.3. The Morgan fingerprint density at radius 2 is 2.12 bits per heavy atom. The van der Waals surface area contributed by atoms with Gasteiger partial charge in [-0.15, -0.1) is 0 Å². The molecule has 3 heterocycles. The number of nitrogens with zero attached hydrogens (tertiary/aromatic N) is 5. The minimum absolute atomic E-state index is 0.0433. The van der Waals surface area contributed by atoms with Gasteiger partial charge in [-0.2, -0.15) is 5.10 Å². The molecular formula is C28H35F2N7O3. The van der Waals surface area contributed by atoms with Crippen molar-refractivity contribution >= 4 is 17.6 Å². The highest BCUT2D eigenvalue weighted by molar-refractivity contribution is 6.34. The Hall–Kier alpha value is -3.45. The van der Waals surface area contributed by atoms with Gasteiger partial charge in [-0.05, 0) is 56.6 Å². The maximum Gasteiger partial charge on any atom is 0.189 e. The van der Waals surface area contributed by atoms with E-state index >= 15 is 0 Å². The number of hydrogen-bond donors (Lipinski definition) is 2. The number of halogens is 2. The number of hydrazone groups is 1. The monoisotopic (exact) mass is 555 g/mol. The van der Waals surface area contributed by atoms with Gasteiger partial charge in [-0.25, -0.2) is 13.8 Å². The van der Waals surface area contributed by atoms with Crippen molar-refractivity contribution in [1.82, 2.24) is 19.6 Å². The van der Waals surface area contributed by atoms with Crippen LogP contribution in [-0.4, -0.2) is 72.9 Å². The van der Waals surface area contributed by atoms with Gasteiger partial charge < -0.3 is 29.4 Å². The number of benzene rings is 1. The van der Waals surface area contributed by atoms with Gasteiger partial charge in [0.05, 0.1) is 39.2 Å². The lowest BCUT2D eigenvalue weighted by molar-refractivity contribution is 0.106. The van der Waals surface area contributed by atoms with Gasteiger partial charge in [0.25, 0.3) is 0 Å². The van der Waals surface area contributed by atoms with E-state index in [9.17, 15) is 8.78 Å². The molecule has 1 aliphatic carbocycles. The van der Waals surface area contributed by atoms with Crippen molar-refractivity contribution in [3.05, 3.63) is 64.6 Å². The van der Waals surface area contributed by atoms with Crippen LogP contribution in [0, 0.1) is 11.6 Å². The molecule has 10 nitrogen and oxygen atoms in total. The number of rotatable bonds is 14. The molecule has 3 N–H and O–H groups in total. The van der Waals surface area contributed by atoms with Crippen molar-refractivity contribution in [2.75, 3.05) is 41.0 Å². The van der Waals surface area contributed by atoms with E-state index in [4.69, 9.17) is 25.0 Å². The molecule has 1 saturated heterocycles. The largest absolute Gasteiger partial charge is 0.494 e. The van der Waals surface area contributed by atoms with Crippen LogP contribution in [0.5, 0.6) is 5.75 Å². The summed E-state index contributed by atoms with van der Waals surface area (Å²) >= 11 is 0. The van der Waals surface area contributed by atoms with Crippen molar-refractivity contribution < 1.29 is 23.0 Å². The standard InChI is InChI=1S/C28H35F2N7O3/c1-36(2)8-9-39-16-20-10-19(18-4-5-18)14-37-15-21(34-27(20)37)11-32-13-25(35-31)28(17-40-28)33-12-22-23(29)6-7-24(38-3)26(22)30/h6-7,10,13-15,18,33H,4-5,8-9,11-12,16-17,31H2,1-3H3/b32-13?,35-25+. The second kappa shape index (κ2) is 12.0. The van der Waals surface area contributed by atoms with E-state index in [-0.39, 0.29) is 31.0 Å². The van der Waals surface area contributed by atoms with Crippen molar-refractivity contribution in [1.29, 1.82) is 0 Å². The Kier molecular flexibility index (Phi) is 8.40. The third kappa shape index (κ3) is 6.30. The highest BCUT2D eigenvalue weighted by Gasteiger charge is 2.49. The lowest BCUT2D eigenvalue weighted by Crippen LogP contribution is -2.42. The fourth-order valence-corrected chi connectivity index (χ4v) is 4.50. The number of likely N-dealkylation sites (N-methyl/N-ethyl adjacent to an activating group) is 1. The molecule has 1 aliphatic heterocycles. The topological polar surface area (TPSA) is 114 Å². The number of aromatic nitrogens is 2. The fraction of sp³-hybridized carbons (Fsp3) is 0.464. The van der Waals surface area contributed by atoms with Crippen molar-refractivity contribution in [2.45, 2.75) is 44.2 Å². The second-order valence-electron chi connectivity index (χ2n) is 10.4. The van der Waals surface area contributed by atoms with Gasteiger partial charge in [-0.1, -0.05) is 0 Å². The first-order valence-electron chi connectivity index (χ1n) is 13.2. The van der Waals surface area contributed by atoms with Gasteiger partial charge in [0.1, 0.15) is 17.2 Å². The molecule has 5 rings (SSSR count). The van der Waals surface area contributed by atoms with Crippen molar-refractivity contribution in [3.63, 3.8) is 0 Å². The quantitative estimate of drug-likeness (QED) is 0.103. The maximum absolute atomic E-state index is 14.6. The first-order chi connectivity index (χ1) is 19.3. The van der Waals surface area contributed by atoms with E-state index in [1.54, 1.807) is 0 Å². The van der Waals surface area contributed by atoms with E-state index in [0.717, 1.165) is 29.5 Å². The van der Waals surface area contributed by atoms with Crippen LogP contribution in [0.4, 0.5) is 8.78 Å². The van der Waals surface area contributed by atoms with E-state index in [0.29, 0.717) is 24.8 Å². The third-order valence-electron chi connectivity index (χ3n) is 7.06. The zero-order valence-electron chi connectivity index (χ0n) is 23.0. The normalized spacial score (nSPS) is 19.3. The van der Waals surface area contributed by atoms with Crippen LogP contribution >= 0.6 is 0 Å². The first kappa shape index (κ1) is 28.1. The van der Waals surface area contributed by atoms with Crippen LogP contribution in [0.2, 0.25) is 0 Å². The number of methoxy groups -OCH3 is 1. The number of ether oxygens (including phenoxy) is 3. The molecule has 12 heteroatoms. The Labute approximate surface area is 231 Å². The summed E-state index contributed by atoms with van der Waals surface area (Å²) in [6.07, 6.45) is 8.01. The number of fused-ring (bicyclic) bond motifs is 1. The van der Waals surface area contributed by atoms with Crippen LogP contribution in [-0.2, 0) is 29.2 Å². The van der Waals surface area contributed by atoms with E-state index in [2.05, 4.69) is 32.6 Å². The molecular weight excluding hydrogens is 520 g/mol. The predicted octanol–water partition coefficient (Wildman–Crippen LogP) is 2.98. The summed E-state index contributed by atoms with van der Waals surface area (Å²) in [6.45, 7) is 2.34. The molecule has 1 saturated carbocycles. The molecule has 1 aromatic carbocycles. The maximum atomic E-state index is 14.6.